The Morgan fingerprint density at radius 1 is 1.22 bits per heavy atom. The van der Waals surface area contributed by atoms with Crippen LogP contribution in [-0.2, 0) is 5.92 Å². The fraction of sp³-hybridized carbons (Fsp3) is 0.182. The van der Waals surface area contributed by atoms with Gasteiger partial charge in [-0.1, -0.05) is 12.1 Å². The molecule has 7 heteroatoms. The molecule has 96 valence electrons. The molecule has 0 aliphatic rings. The molecule has 0 fully saturated rings. The van der Waals surface area contributed by atoms with Gasteiger partial charge in [-0.25, -0.2) is 8.78 Å². The van der Waals surface area contributed by atoms with E-state index in [0.717, 1.165) is 0 Å². The fourth-order valence-electron chi connectivity index (χ4n) is 1.46. The number of aromatic hydroxyl groups is 1. The monoisotopic (exact) mass is 262 g/mol. The zero-order valence-electron chi connectivity index (χ0n) is 8.66. The number of hydrogen-bond donors (Lipinski definition) is 1. The van der Waals surface area contributed by atoms with Crippen LogP contribution in [0.1, 0.15) is 5.76 Å². The van der Waals surface area contributed by atoms with Crippen LogP contribution in [0.5, 0.6) is 5.75 Å². The molecule has 1 N–H and O–H groups in total. The van der Waals surface area contributed by atoms with Crippen molar-refractivity contribution in [3.63, 3.8) is 0 Å². The number of halogens is 4. The van der Waals surface area contributed by atoms with Crippen LogP contribution < -0.4 is 5.43 Å². The van der Waals surface area contributed by atoms with Crippen molar-refractivity contribution >= 4 is 11.0 Å². The summed E-state index contributed by atoms with van der Waals surface area (Å²) in [5, 5.41) is 9.10. The Kier molecular flexibility index (Phi) is 2.76. The summed E-state index contributed by atoms with van der Waals surface area (Å²) in [7, 11) is 0. The van der Waals surface area contributed by atoms with Gasteiger partial charge >= 0.3 is 12.3 Å². The molecular formula is C11H6F4O3. The van der Waals surface area contributed by atoms with Crippen molar-refractivity contribution in [1.29, 1.82) is 0 Å². The van der Waals surface area contributed by atoms with E-state index >= 15 is 0 Å². The smallest absolute Gasteiger partial charge is 0.367 e. The third-order valence-corrected chi connectivity index (χ3v) is 2.35. The van der Waals surface area contributed by atoms with Crippen molar-refractivity contribution in [2.75, 3.05) is 0 Å². The van der Waals surface area contributed by atoms with Crippen molar-refractivity contribution in [3.05, 3.63) is 40.2 Å². The Balaban J connectivity index is 2.82. The Hall–Kier alpha value is -2.05. The highest BCUT2D eigenvalue weighted by molar-refractivity contribution is 5.77. The number of rotatable bonds is 2. The second-order valence-corrected chi connectivity index (χ2v) is 3.53. The maximum Gasteiger partial charge on any atom is 0.367 e. The molecular weight excluding hydrogens is 256 g/mol. The molecule has 0 aliphatic heterocycles. The van der Waals surface area contributed by atoms with Crippen molar-refractivity contribution in [1.82, 2.24) is 0 Å². The van der Waals surface area contributed by atoms with Gasteiger partial charge in [-0.2, -0.15) is 8.78 Å². The van der Waals surface area contributed by atoms with E-state index in [-0.39, 0.29) is 11.0 Å². The van der Waals surface area contributed by atoms with Gasteiger partial charge in [0.25, 0.3) is 0 Å². The summed E-state index contributed by atoms with van der Waals surface area (Å²) in [5.74, 6) is -7.95. The average Bonchev–Trinajstić information content (AvgIpc) is 2.33. The zero-order valence-corrected chi connectivity index (χ0v) is 8.66. The van der Waals surface area contributed by atoms with Gasteiger partial charge in [0.2, 0.25) is 16.9 Å². The van der Waals surface area contributed by atoms with E-state index in [2.05, 4.69) is 4.42 Å². The van der Waals surface area contributed by atoms with Gasteiger partial charge in [0.15, 0.2) is 0 Å². The third-order valence-electron chi connectivity index (χ3n) is 2.35. The van der Waals surface area contributed by atoms with Crippen LogP contribution in [0, 0.1) is 0 Å². The number of hydrogen-bond acceptors (Lipinski definition) is 3. The van der Waals surface area contributed by atoms with E-state index in [4.69, 9.17) is 0 Å². The van der Waals surface area contributed by atoms with Crippen LogP contribution in [0.3, 0.4) is 0 Å². The summed E-state index contributed by atoms with van der Waals surface area (Å²) in [6.07, 6.45) is -4.09. The van der Waals surface area contributed by atoms with Crippen molar-refractivity contribution in [2.45, 2.75) is 12.3 Å². The quantitative estimate of drug-likeness (QED) is 0.846. The van der Waals surface area contributed by atoms with Crippen LogP contribution >= 0.6 is 0 Å². The minimum atomic E-state index is -4.73. The Morgan fingerprint density at radius 2 is 1.83 bits per heavy atom. The van der Waals surface area contributed by atoms with Crippen LogP contribution in [0.25, 0.3) is 11.0 Å². The molecule has 0 saturated carbocycles. The van der Waals surface area contributed by atoms with Crippen molar-refractivity contribution < 1.29 is 27.1 Å². The second-order valence-electron chi connectivity index (χ2n) is 3.53. The minimum absolute atomic E-state index is 0.163. The Bertz CT molecular complexity index is 648. The van der Waals surface area contributed by atoms with Gasteiger partial charge in [-0.15, -0.1) is 0 Å². The largest absolute Gasteiger partial charge is 0.502 e. The van der Waals surface area contributed by atoms with E-state index in [0.29, 0.717) is 0 Å². The molecule has 0 radical (unpaired) electrons. The van der Waals surface area contributed by atoms with E-state index in [1.54, 1.807) is 0 Å². The lowest BCUT2D eigenvalue weighted by Gasteiger charge is -2.15. The Morgan fingerprint density at radius 3 is 2.44 bits per heavy atom. The minimum Gasteiger partial charge on any atom is -0.502 e. The summed E-state index contributed by atoms with van der Waals surface area (Å²) < 4.78 is 55.1. The SMILES string of the molecule is O=c1c(O)c(C(F)(F)C(F)F)oc2ccccc12. The molecule has 0 atom stereocenters. The summed E-state index contributed by atoms with van der Waals surface area (Å²) in [4.78, 5) is 11.5. The highest BCUT2D eigenvalue weighted by Crippen LogP contribution is 2.39. The van der Waals surface area contributed by atoms with Crippen molar-refractivity contribution in [3.8, 4) is 5.75 Å². The molecule has 2 aromatic rings. The van der Waals surface area contributed by atoms with Crippen LogP contribution in [0.2, 0.25) is 0 Å². The molecule has 1 aromatic heterocycles. The lowest BCUT2D eigenvalue weighted by molar-refractivity contribution is -0.148. The second kappa shape index (κ2) is 4.01. The van der Waals surface area contributed by atoms with Crippen LogP contribution in [-0.4, -0.2) is 11.5 Å². The van der Waals surface area contributed by atoms with Gasteiger partial charge in [-0.3, -0.25) is 4.79 Å². The van der Waals surface area contributed by atoms with Gasteiger partial charge in [0.05, 0.1) is 5.39 Å². The first-order chi connectivity index (χ1) is 8.35. The van der Waals surface area contributed by atoms with Gasteiger partial charge in [-0.05, 0) is 12.1 Å². The first-order valence-corrected chi connectivity index (χ1v) is 4.77. The molecule has 0 amide bonds. The van der Waals surface area contributed by atoms with Crippen LogP contribution in [0.4, 0.5) is 17.6 Å². The zero-order chi connectivity index (χ0) is 13.5. The maximum atomic E-state index is 13.1. The normalized spacial score (nSPS) is 12.3. The van der Waals surface area contributed by atoms with Crippen molar-refractivity contribution in [2.24, 2.45) is 0 Å². The standard InChI is InChI=1S/C11H6F4O3/c12-10(13)11(14,15)9-8(17)7(16)5-3-1-2-4-6(5)18-9/h1-4,10,17H. The van der Waals surface area contributed by atoms with Gasteiger partial charge in [0, 0.05) is 0 Å². The number of alkyl halides is 4. The molecule has 0 spiro atoms. The lowest BCUT2D eigenvalue weighted by atomic mass is 10.1. The van der Waals surface area contributed by atoms with E-state index in [1.807, 2.05) is 0 Å². The predicted molar refractivity (Wildman–Crippen MR) is 54.0 cm³/mol. The molecule has 18 heavy (non-hydrogen) atoms. The number of fused-ring (bicyclic) bond motifs is 1. The number of para-hydroxylation sites is 1. The molecule has 0 saturated heterocycles. The summed E-state index contributed by atoms with van der Waals surface area (Å²) in [6, 6.07) is 5.20. The summed E-state index contributed by atoms with van der Waals surface area (Å²) in [6.45, 7) is 0. The highest BCUT2D eigenvalue weighted by Gasteiger charge is 2.48. The molecule has 1 heterocycles. The van der Waals surface area contributed by atoms with Gasteiger partial charge in [0.1, 0.15) is 5.58 Å². The summed E-state index contributed by atoms with van der Waals surface area (Å²) in [5.41, 5.74) is -1.47. The third kappa shape index (κ3) is 1.71. The first kappa shape index (κ1) is 12.4. The molecule has 0 aliphatic carbocycles. The topological polar surface area (TPSA) is 50.4 Å². The average molecular weight is 262 g/mol. The van der Waals surface area contributed by atoms with E-state index in [9.17, 15) is 27.5 Å². The predicted octanol–water partition coefficient (Wildman–Crippen LogP) is 2.86. The Labute approximate surface area is 97.3 Å². The maximum absolute atomic E-state index is 13.1. The molecule has 2 rings (SSSR count). The van der Waals surface area contributed by atoms with E-state index < -0.39 is 29.3 Å². The highest BCUT2D eigenvalue weighted by atomic mass is 19.3. The fourth-order valence-corrected chi connectivity index (χ4v) is 1.46. The molecule has 3 nitrogen and oxygen atoms in total. The lowest BCUT2D eigenvalue weighted by Crippen LogP contribution is -2.25. The van der Waals surface area contributed by atoms with Crippen LogP contribution in [0.15, 0.2) is 33.5 Å². The number of benzene rings is 1. The van der Waals surface area contributed by atoms with Gasteiger partial charge < -0.3 is 9.52 Å². The first-order valence-electron chi connectivity index (χ1n) is 4.77. The van der Waals surface area contributed by atoms with E-state index in [1.165, 1.54) is 24.3 Å². The molecule has 0 unspecified atom stereocenters. The summed E-state index contributed by atoms with van der Waals surface area (Å²) >= 11 is 0. The molecule has 1 aromatic carbocycles. The molecule has 0 bridgehead atoms.